The number of hydrogen-bond acceptors (Lipinski definition) is 2. The first kappa shape index (κ1) is 15.8. The summed E-state index contributed by atoms with van der Waals surface area (Å²) >= 11 is 0. The van der Waals surface area contributed by atoms with Crippen LogP contribution in [0.1, 0.15) is 64.2 Å². The molecule has 0 atom stereocenters. The molecule has 1 saturated carbocycles. The third kappa shape index (κ3) is 3.74. The highest BCUT2D eigenvalue weighted by Gasteiger charge is 2.45. The Hall–Kier alpha value is -0.580. The molecule has 5 heteroatoms. The minimum Gasteiger partial charge on any atom is -0.298 e. The molecule has 0 bridgehead atoms. The zero-order valence-corrected chi connectivity index (χ0v) is 12.0. The first-order chi connectivity index (χ1) is 9.44. The molecule has 2 nitrogen and oxygen atoms in total. The van der Waals surface area contributed by atoms with Crippen molar-refractivity contribution in [1.82, 2.24) is 4.90 Å². The van der Waals surface area contributed by atoms with Gasteiger partial charge in [-0.3, -0.25) is 9.69 Å². The molecule has 0 aromatic rings. The summed E-state index contributed by atoms with van der Waals surface area (Å²) in [6, 6.07) is 0. The fourth-order valence-corrected chi connectivity index (χ4v) is 3.74. The Morgan fingerprint density at radius 1 is 1.00 bits per heavy atom. The number of ketones is 1. The van der Waals surface area contributed by atoms with E-state index in [1.54, 1.807) is 0 Å². The van der Waals surface area contributed by atoms with Crippen molar-refractivity contribution < 1.29 is 18.0 Å². The molecule has 0 amide bonds. The lowest BCUT2D eigenvalue weighted by molar-refractivity contribution is -0.140. The molecule has 0 radical (unpaired) electrons. The van der Waals surface area contributed by atoms with Gasteiger partial charge in [0.05, 0.1) is 5.54 Å². The van der Waals surface area contributed by atoms with E-state index in [2.05, 4.69) is 4.90 Å². The summed E-state index contributed by atoms with van der Waals surface area (Å²) in [6.07, 6.45) is 2.21. The van der Waals surface area contributed by atoms with E-state index in [4.69, 9.17) is 0 Å². The lowest BCUT2D eigenvalue weighted by atomic mass is 9.85. The second-order valence-corrected chi connectivity index (χ2v) is 6.18. The number of carbonyl (C=O) groups excluding carboxylic acids is 1. The Morgan fingerprint density at radius 3 is 2.15 bits per heavy atom. The van der Waals surface area contributed by atoms with E-state index < -0.39 is 18.1 Å². The first-order valence-electron chi connectivity index (χ1n) is 7.79. The van der Waals surface area contributed by atoms with Crippen molar-refractivity contribution in [3.05, 3.63) is 0 Å². The monoisotopic (exact) mass is 291 g/mol. The summed E-state index contributed by atoms with van der Waals surface area (Å²) in [5.74, 6) is 0.0566. The Kier molecular flexibility index (Phi) is 5.10. The molecule has 2 rings (SSSR count). The van der Waals surface area contributed by atoms with Gasteiger partial charge in [0.2, 0.25) is 0 Å². The van der Waals surface area contributed by atoms with Gasteiger partial charge in [0.15, 0.2) is 5.78 Å². The van der Waals surface area contributed by atoms with Crippen LogP contribution < -0.4 is 0 Å². The van der Waals surface area contributed by atoms with Gasteiger partial charge in [-0.2, -0.15) is 13.2 Å². The maximum Gasteiger partial charge on any atom is 0.389 e. The van der Waals surface area contributed by atoms with Crippen LogP contribution in [0.2, 0.25) is 0 Å². The van der Waals surface area contributed by atoms with E-state index >= 15 is 0 Å². The van der Waals surface area contributed by atoms with Crippen LogP contribution in [0.5, 0.6) is 0 Å². The molecule has 1 saturated heterocycles. The third-order valence-corrected chi connectivity index (χ3v) is 4.78. The Bertz CT molecular complexity index is 329. The van der Waals surface area contributed by atoms with Crippen LogP contribution in [0.3, 0.4) is 0 Å². The molecule has 1 aliphatic carbocycles. The molecule has 116 valence electrons. The van der Waals surface area contributed by atoms with Gasteiger partial charge in [0.1, 0.15) is 0 Å². The fourth-order valence-electron chi connectivity index (χ4n) is 3.74. The van der Waals surface area contributed by atoms with Gasteiger partial charge in [-0.15, -0.1) is 0 Å². The smallest absolute Gasteiger partial charge is 0.298 e. The zero-order valence-electron chi connectivity index (χ0n) is 12.0. The number of halogens is 3. The molecule has 0 aromatic heterocycles. The molecular weight excluding hydrogens is 267 g/mol. The number of likely N-dealkylation sites (tertiary alicyclic amines) is 1. The SMILES string of the molecule is O=C(CCCC(F)(F)F)C1(N2CCCCC2)CCCC1. The van der Waals surface area contributed by atoms with Crippen LogP contribution in [-0.4, -0.2) is 35.5 Å². The maximum absolute atomic E-state index is 12.5. The van der Waals surface area contributed by atoms with Crippen molar-refractivity contribution >= 4 is 5.78 Å². The zero-order chi connectivity index (χ0) is 14.6. The van der Waals surface area contributed by atoms with Crippen LogP contribution in [0.15, 0.2) is 0 Å². The number of alkyl halides is 3. The van der Waals surface area contributed by atoms with Crippen molar-refractivity contribution in [2.24, 2.45) is 0 Å². The van der Waals surface area contributed by atoms with Crippen LogP contribution in [0, 0.1) is 0 Å². The summed E-state index contributed by atoms with van der Waals surface area (Å²) in [5.41, 5.74) is -0.425. The molecule has 1 aliphatic heterocycles. The quantitative estimate of drug-likeness (QED) is 0.760. The standard InChI is InChI=1S/C15H24F3NO/c16-15(17,18)10-6-7-13(20)14(8-2-3-9-14)19-11-4-1-5-12-19/h1-12H2. The Labute approximate surface area is 118 Å². The fraction of sp³-hybridized carbons (Fsp3) is 0.933. The summed E-state index contributed by atoms with van der Waals surface area (Å²) < 4.78 is 36.6. The average molecular weight is 291 g/mol. The Morgan fingerprint density at radius 2 is 1.60 bits per heavy atom. The normalized spacial score (nSPS) is 23.9. The van der Waals surface area contributed by atoms with Crippen molar-refractivity contribution in [1.29, 1.82) is 0 Å². The van der Waals surface area contributed by atoms with Gasteiger partial charge in [0.25, 0.3) is 0 Å². The second kappa shape index (κ2) is 6.46. The predicted octanol–water partition coefficient (Wildman–Crippen LogP) is 4.09. The summed E-state index contributed by atoms with van der Waals surface area (Å²) in [5, 5.41) is 0. The highest BCUT2D eigenvalue weighted by atomic mass is 19.4. The Balaban J connectivity index is 1.95. The number of rotatable bonds is 5. The van der Waals surface area contributed by atoms with Crippen molar-refractivity contribution in [3.63, 3.8) is 0 Å². The first-order valence-corrected chi connectivity index (χ1v) is 7.79. The van der Waals surface area contributed by atoms with E-state index in [-0.39, 0.29) is 18.6 Å². The number of piperidine rings is 1. The number of Topliss-reactive ketones (excluding diaryl/α,β-unsaturated/α-hetero) is 1. The van der Waals surface area contributed by atoms with Gasteiger partial charge < -0.3 is 0 Å². The van der Waals surface area contributed by atoms with Crippen LogP contribution in [0.4, 0.5) is 13.2 Å². The summed E-state index contributed by atoms with van der Waals surface area (Å²) in [6.45, 7) is 1.87. The lowest BCUT2D eigenvalue weighted by Crippen LogP contribution is -2.54. The molecule has 2 aliphatic rings. The maximum atomic E-state index is 12.5. The topological polar surface area (TPSA) is 20.3 Å². The molecule has 0 spiro atoms. The van der Waals surface area contributed by atoms with Gasteiger partial charge in [-0.1, -0.05) is 19.3 Å². The molecule has 2 fully saturated rings. The number of hydrogen-bond donors (Lipinski definition) is 0. The third-order valence-electron chi connectivity index (χ3n) is 4.78. The molecule has 0 aromatic carbocycles. The molecule has 0 N–H and O–H groups in total. The number of carbonyl (C=O) groups is 1. The summed E-state index contributed by atoms with van der Waals surface area (Å²) in [4.78, 5) is 14.8. The lowest BCUT2D eigenvalue weighted by Gasteiger charge is -2.42. The molecule has 20 heavy (non-hydrogen) atoms. The second-order valence-electron chi connectivity index (χ2n) is 6.18. The molecule has 0 unspecified atom stereocenters. The largest absolute Gasteiger partial charge is 0.389 e. The van der Waals surface area contributed by atoms with Crippen LogP contribution in [-0.2, 0) is 4.79 Å². The van der Waals surface area contributed by atoms with Gasteiger partial charge in [0, 0.05) is 12.8 Å². The molecule has 1 heterocycles. The number of nitrogens with zero attached hydrogens (tertiary/aromatic N) is 1. The van der Waals surface area contributed by atoms with E-state index in [0.717, 1.165) is 51.6 Å². The van der Waals surface area contributed by atoms with Crippen molar-refractivity contribution in [2.45, 2.75) is 75.9 Å². The van der Waals surface area contributed by atoms with Crippen molar-refractivity contribution in [2.75, 3.05) is 13.1 Å². The van der Waals surface area contributed by atoms with E-state index in [1.807, 2.05) is 0 Å². The van der Waals surface area contributed by atoms with Gasteiger partial charge in [-0.25, -0.2) is 0 Å². The van der Waals surface area contributed by atoms with E-state index in [1.165, 1.54) is 6.42 Å². The van der Waals surface area contributed by atoms with Gasteiger partial charge in [-0.05, 0) is 45.2 Å². The van der Waals surface area contributed by atoms with Crippen LogP contribution in [0.25, 0.3) is 0 Å². The van der Waals surface area contributed by atoms with Crippen LogP contribution >= 0.6 is 0 Å². The average Bonchev–Trinajstić information content (AvgIpc) is 2.89. The highest BCUT2D eigenvalue weighted by molar-refractivity contribution is 5.88. The van der Waals surface area contributed by atoms with Crippen molar-refractivity contribution in [3.8, 4) is 0 Å². The minimum absolute atomic E-state index is 0.0566. The van der Waals surface area contributed by atoms with E-state index in [0.29, 0.717) is 0 Å². The highest BCUT2D eigenvalue weighted by Crippen LogP contribution is 2.39. The summed E-state index contributed by atoms with van der Waals surface area (Å²) in [7, 11) is 0. The minimum atomic E-state index is -4.14. The van der Waals surface area contributed by atoms with E-state index in [9.17, 15) is 18.0 Å². The molecular formula is C15H24F3NO. The van der Waals surface area contributed by atoms with Gasteiger partial charge >= 0.3 is 6.18 Å². The predicted molar refractivity (Wildman–Crippen MR) is 71.5 cm³/mol.